The Kier molecular flexibility index (Phi) is 5.14. The van der Waals surface area contributed by atoms with Crippen molar-refractivity contribution >= 4 is 34.3 Å². The molecule has 0 aromatic carbocycles. The molecule has 0 unspecified atom stereocenters. The summed E-state index contributed by atoms with van der Waals surface area (Å²) in [5.74, 6) is 0. The molecule has 1 aromatic rings. The van der Waals surface area contributed by atoms with Gasteiger partial charge in [-0.1, -0.05) is 0 Å². The van der Waals surface area contributed by atoms with E-state index >= 15 is 0 Å². The lowest BCUT2D eigenvalue weighted by Gasteiger charge is -2.17. The summed E-state index contributed by atoms with van der Waals surface area (Å²) < 4.78 is 35.0. The first-order valence-electron chi connectivity index (χ1n) is 4.08. The van der Waals surface area contributed by atoms with Crippen LogP contribution < -0.4 is 18.6 Å². The van der Waals surface area contributed by atoms with E-state index in [9.17, 15) is 0 Å². The van der Waals surface area contributed by atoms with Crippen molar-refractivity contribution in [1.29, 1.82) is 0 Å². The highest BCUT2D eigenvalue weighted by atomic mass is 35.7. The van der Waals surface area contributed by atoms with Crippen molar-refractivity contribution in [2.45, 2.75) is 25.7 Å². The molecular formula is C7H8Cl2O4S2. The van der Waals surface area contributed by atoms with Crippen molar-refractivity contribution in [3.8, 4) is 0 Å². The van der Waals surface area contributed by atoms with E-state index in [2.05, 4.69) is 0 Å². The molecule has 1 aliphatic carbocycles. The lowest BCUT2D eigenvalue weighted by Crippen LogP contribution is -2.68. The van der Waals surface area contributed by atoms with Crippen LogP contribution in [0.1, 0.15) is 22.6 Å². The number of aryl methyl sites for hydroxylation is 2. The summed E-state index contributed by atoms with van der Waals surface area (Å²) >= 11 is 9.44. The lowest BCUT2D eigenvalue weighted by molar-refractivity contribution is -2.00. The van der Waals surface area contributed by atoms with Crippen LogP contribution in [0, 0.1) is 10.2 Å². The quantitative estimate of drug-likeness (QED) is 0.565. The van der Waals surface area contributed by atoms with Crippen LogP contribution in [0.3, 0.4) is 0 Å². The van der Waals surface area contributed by atoms with E-state index in [-0.39, 0.29) is 0 Å². The Balaban J connectivity index is 0.000000195. The van der Waals surface area contributed by atoms with Crippen molar-refractivity contribution in [3.05, 3.63) is 13.4 Å². The van der Waals surface area contributed by atoms with Gasteiger partial charge in [0.05, 0.1) is 0 Å². The van der Waals surface area contributed by atoms with Crippen LogP contribution in [0.15, 0.2) is 0 Å². The molecule has 0 aliphatic heterocycles. The number of hydrogen-bond acceptors (Lipinski definition) is 5. The molecule has 0 amide bonds. The Bertz CT molecular complexity index is 294. The van der Waals surface area contributed by atoms with Gasteiger partial charge in [0.15, 0.2) is 0 Å². The Morgan fingerprint density at radius 3 is 2.20 bits per heavy atom. The zero-order valence-corrected chi connectivity index (χ0v) is 10.7. The summed E-state index contributed by atoms with van der Waals surface area (Å²) in [6.07, 6.45) is 5.25. The first kappa shape index (κ1) is 13.5. The minimum atomic E-state index is -4.94. The molecule has 4 nitrogen and oxygen atoms in total. The number of halogens is 2. The van der Waals surface area contributed by atoms with Crippen molar-refractivity contribution in [3.63, 3.8) is 0 Å². The normalized spacial score (nSPS) is 15.3. The van der Waals surface area contributed by atoms with Gasteiger partial charge >= 0.3 is 3.65 Å². The molecule has 8 heteroatoms. The van der Waals surface area contributed by atoms with Crippen LogP contribution in [-0.4, -0.2) is 0 Å². The molecule has 86 valence electrons. The maximum Gasteiger partial charge on any atom is 0.347 e. The molecule has 1 aliphatic rings. The average molecular weight is 291 g/mol. The van der Waals surface area contributed by atoms with Crippen LogP contribution >= 0.6 is 34.3 Å². The van der Waals surface area contributed by atoms with Gasteiger partial charge in [-0.2, -0.15) is 0 Å². The summed E-state index contributed by atoms with van der Waals surface area (Å²) in [6, 6.07) is 0. The number of hydrogen-bond donors (Lipinski definition) is 0. The summed E-state index contributed by atoms with van der Waals surface area (Å²) in [7, 11) is -4.94. The molecule has 0 fully saturated rings. The third-order valence-corrected chi connectivity index (χ3v) is 4.58. The third kappa shape index (κ3) is 5.94. The number of fused-ring (bicyclic) bond motifs is 1. The van der Waals surface area contributed by atoms with E-state index in [4.69, 9.17) is 30.2 Å². The highest BCUT2D eigenvalue weighted by Crippen LogP contribution is 2.37. The van der Waals surface area contributed by atoms with Crippen LogP contribution in [0.4, 0.5) is 0 Å². The van der Waals surface area contributed by atoms with Gasteiger partial charge in [0.2, 0.25) is 0 Å². The standard InChI is InChI=1S/C7H8ClS2.ClHO4/c8-7-9-5-3-1-2-4-6(5)10-7;2-1(3,4)5/h1-4H2;(H,2,3,4,5)/q+1;/p-1. The van der Waals surface area contributed by atoms with Crippen LogP contribution in [0.2, 0.25) is 3.65 Å². The van der Waals surface area contributed by atoms with E-state index in [0.29, 0.717) is 0 Å². The maximum atomic E-state index is 8.49. The molecular weight excluding hydrogens is 283 g/mol. The second kappa shape index (κ2) is 5.70. The molecule has 1 heterocycles. The summed E-state index contributed by atoms with van der Waals surface area (Å²) in [5, 5.41) is 0. The van der Waals surface area contributed by atoms with Crippen molar-refractivity contribution in [2.75, 3.05) is 0 Å². The van der Waals surface area contributed by atoms with E-state index in [1.807, 2.05) is 0 Å². The molecule has 0 radical (unpaired) electrons. The molecule has 0 saturated carbocycles. The summed E-state index contributed by atoms with van der Waals surface area (Å²) in [4.78, 5) is 3.09. The van der Waals surface area contributed by atoms with Crippen molar-refractivity contribution in [1.82, 2.24) is 0 Å². The second-order valence-electron chi connectivity index (χ2n) is 2.87. The number of rotatable bonds is 0. The average Bonchev–Trinajstić information content (AvgIpc) is 2.40. The van der Waals surface area contributed by atoms with Crippen molar-refractivity contribution < 1.29 is 28.9 Å². The van der Waals surface area contributed by atoms with E-state index < -0.39 is 10.2 Å². The largest absolute Gasteiger partial charge is 0.347 e. The summed E-state index contributed by atoms with van der Waals surface area (Å²) in [5.41, 5.74) is 0. The Hall–Kier alpha value is 0.470. The van der Waals surface area contributed by atoms with Gasteiger partial charge in [-0.25, -0.2) is 18.6 Å². The van der Waals surface area contributed by atoms with Gasteiger partial charge in [-0.05, 0) is 24.4 Å². The molecule has 0 bridgehead atoms. The molecule has 15 heavy (non-hydrogen) atoms. The zero-order chi connectivity index (χ0) is 11.5. The van der Waals surface area contributed by atoms with Gasteiger partial charge in [-0.3, -0.25) is 0 Å². The van der Waals surface area contributed by atoms with Gasteiger partial charge in [-0.15, -0.1) is 10.2 Å². The molecule has 1 aromatic heterocycles. The Morgan fingerprint density at radius 2 is 1.67 bits per heavy atom. The van der Waals surface area contributed by atoms with Gasteiger partial charge in [0.25, 0.3) is 0 Å². The third-order valence-electron chi connectivity index (χ3n) is 1.78. The summed E-state index contributed by atoms with van der Waals surface area (Å²) in [6.45, 7) is 0. The van der Waals surface area contributed by atoms with E-state index in [1.54, 1.807) is 32.4 Å². The first-order valence-corrected chi connectivity index (χ1v) is 7.33. The second-order valence-corrected chi connectivity index (χ2v) is 6.92. The highest BCUT2D eigenvalue weighted by Gasteiger charge is 2.23. The molecule has 2 rings (SSSR count). The minimum absolute atomic E-state index is 1.01. The van der Waals surface area contributed by atoms with E-state index in [0.717, 1.165) is 3.65 Å². The lowest BCUT2D eigenvalue weighted by atomic mass is 10.1. The minimum Gasteiger partial charge on any atom is -0.222 e. The van der Waals surface area contributed by atoms with Crippen LogP contribution in [0.25, 0.3) is 0 Å². The predicted molar refractivity (Wildman–Crippen MR) is 48.3 cm³/mol. The molecule has 0 spiro atoms. The predicted octanol–water partition coefficient (Wildman–Crippen LogP) is -1.13. The SMILES string of the molecule is Clc1sc2c([s+]1)CCCC2.[O-][Cl+3]([O-])([O-])[O-]. The van der Waals surface area contributed by atoms with Crippen molar-refractivity contribution in [2.24, 2.45) is 0 Å². The molecule has 0 N–H and O–H groups in total. The Labute approximate surface area is 102 Å². The van der Waals surface area contributed by atoms with Gasteiger partial charge in [0.1, 0.15) is 32.4 Å². The topological polar surface area (TPSA) is 92.2 Å². The molecule has 0 saturated heterocycles. The fraction of sp³-hybridized carbons (Fsp3) is 0.571. The zero-order valence-electron chi connectivity index (χ0n) is 7.53. The fourth-order valence-electron chi connectivity index (χ4n) is 1.28. The fourth-order valence-corrected chi connectivity index (χ4v) is 4.17. The first-order chi connectivity index (χ1) is 6.86. The van der Waals surface area contributed by atoms with Gasteiger partial charge < -0.3 is 0 Å². The maximum absolute atomic E-state index is 8.49. The molecule has 0 atom stereocenters. The Morgan fingerprint density at radius 1 is 1.13 bits per heavy atom. The monoisotopic (exact) mass is 290 g/mol. The van der Waals surface area contributed by atoms with Gasteiger partial charge in [0, 0.05) is 12.8 Å². The van der Waals surface area contributed by atoms with E-state index in [1.165, 1.54) is 25.7 Å². The smallest absolute Gasteiger partial charge is 0.222 e. The van der Waals surface area contributed by atoms with Crippen LogP contribution in [-0.2, 0) is 12.8 Å². The van der Waals surface area contributed by atoms with Crippen LogP contribution in [0.5, 0.6) is 0 Å². The highest BCUT2D eigenvalue weighted by molar-refractivity contribution is 7.36.